The lowest BCUT2D eigenvalue weighted by Crippen LogP contribution is -2.20. The van der Waals surface area contributed by atoms with Crippen LogP contribution in [0.1, 0.15) is 16.6 Å². The number of ether oxygens (including phenoxy) is 4. The first-order valence-electron chi connectivity index (χ1n) is 8.19. The van der Waals surface area contributed by atoms with Gasteiger partial charge in [-0.2, -0.15) is 4.98 Å². The molecular formula is C17H14Cl2N4O5. The van der Waals surface area contributed by atoms with Crippen molar-refractivity contribution in [3.05, 3.63) is 46.6 Å². The van der Waals surface area contributed by atoms with Crippen LogP contribution in [-0.4, -0.2) is 52.1 Å². The van der Waals surface area contributed by atoms with Gasteiger partial charge in [0.1, 0.15) is 17.9 Å². The second-order valence-corrected chi connectivity index (χ2v) is 6.48. The van der Waals surface area contributed by atoms with Gasteiger partial charge >= 0.3 is 5.97 Å². The second-order valence-electron chi connectivity index (χ2n) is 5.79. The smallest absolute Gasteiger partial charge is 0.338 e. The molecule has 0 bridgehead atoms. The van der Waals surface area contributed by atoms with E-state index in [1.54, 1.807) is 35.9 Å². The first kappa shape index (κ1) is 18.9. The number of hydrogen-bond donors (Lipinski definition) is 0. The van der Waals surface area contributed by atoms with E-state index in [0.29, 0.717) is 22.5 Å². The highest BCUT2D eigenvalue weighted by Crippen LogP contribution is 2.27. The molecule has 2 atom stereocenters. The molecule has 0 unspecified atom stereocenters. The van der Waals surface area contributed by atoms with E-state index < -0.39 is 18.5 Å². The van der Waals surface area contributed by atoms with Gasteiger partial charge in [0, 0.05) is 0 Å². The van der Waals surface area contributed by atoms with Crippen LogP contribution in [0.3, 0.4) is 0 Å². The van der Waals surface area contributed by atoms with Crippen LogP contribution in [-0.2, 0) is 14.2 Å². The van der Waals surface area contributed by atoms with Gasteiger partial charge in [0.2, 0.25) is 5.28 Å². The number of benzene rings is 1. The highest BCUT2D eigenvalue weighted by Gasteiger charge is 2.30. The molecule has 1 saturated heterocycles. The number of fused-ring (bicyclic) bond motifs is 1. The summed E-state index contributed by atoms with van der Waals surface area (Å²) in [5.74, 6) is 0.163. The van der Waals surface area contributed by atoms with E-state index in [2.05, 4.69) is 15.0 Å². The zero-order valence-electron chi connectivity index (χ0n) is 14.5. The van der Waals surface area contributed by atoms with Crippen molar-refractivity contribution in [3.8, 4) is 5.75 Å². The first-order valence-corrected chi connectivity index (χ1v) is 8.94. The fourth-order valence-electron chi connectivity index (χ4n) is 2.70. The Bertz CT molecular complexity index is 1010. The molecule has 0 amide bonds. The van der Waals surface area contributed by atoms with E-state index in [1.807, 2.05) is 0 Å². The van der Waals surface area contributed by atoms with Gasteiger partial charge in [-0.1, -0.05) is 11.6 Å². The Morgan fingerprint density at radius 3 is 2.82 bits per heavy atom. The van der Waals surface area contributed by atoms with Gasteiger partial charge in [0.15, 0.2) is 23.3 Å². The van der Waals surface area contributed by atoms with Gasteiger partial charge in [-0.3, -0.25) is 4.57 Å². The summed E-state index contributed by atoms with van der Waals surface area (Å²) in [5, 5.41) is 0.153. The number of rotatable bonds is 5. The van der Waals surface area contributed by atoms with Gasteiger partial charge in [0.25, 0.3) is 0 Å². The maximum absolute atomic E-state index is 12.1. The van der Waals surface area contributed by atoms with Gasteiger partial charge < -0.3 is 18.9 Å². The van der Waals surface area contributed by atoms with E-state index in [0.717, 1.165) is 0 Å². The molecule has 0 radical (unpaired) electrons. The fourth-order valence-corrected chi connectivity index (χ4v) is 3.12. The number of methoxy groups -OCH3 is 1. The number of halogens is 2. The van der Waals surface area contributed by atoms with E-state index in [9.17, 15) is 4.79 Å². The summed E-state index contributed by atoms with van der Waals surface area (Å²) in [6.07, 6.45) is 0.274. The molecule has 1 aliphatic rings. The average molecular weight is 425 g/mol. The van der Waals surface area contributed by atoms with Crippen molar-refractivity contribution >= 4 is 40.3 Å². The van der Waals surface area contributed by atoms with Crippen molar-refractivity contribution < 1.29 is 23.7 Å². The van der Waals surface area contributed by atoms with Gasteiger partial charge in [-0.25, -0.2) is 14.8 Å². The first-order chi connectivity index (χ1) is 13.5. The van der Waals surface area contributed by atoms with Crippen LogP contribution in [0.2, 0.25) is 10.4 Å². The fraction of sp³-hybridized carbons (Fsp3) is 0.294. The maximum atomic E-state index is 12.1. The summed E-state index contributed by atoms with van der Waals surface area (Å²) < 4.78 is 23.3. The number of carbonyl (C=O) groups excluding carboxylic acids is 1. The Morgan fingerprint density at radius 1 is 1.29 bits per heavy atom. The molecule has 4 rings (SSSR count). The number of aromatic nitrogens is 4. The molecule has 28 heavy (non-hydrogen) atoms. The molecule has 2 aromatic heterocycles. The summed E-state index contributed by atoms with van der Waals surface area (Å²) in [4.78, 5) is 24.3. The van der Waals surface area contributed by atoms with E-state index in [4.69, 9.17) is 42.1 Å². The lowest BCUT2D eigenvalue weighted by Gasteiger charge is -2.13. The number of carbonyl (C=O) groups is 1. The van der Waals surface area contributed by atoms with Crippen molar-refractivity contribution in [2.75, 3.05) is 20.3 Å². The van der Waals surface area contributed by atoms with Crippen molar-refractivity contribution in [2.45, 2.75) is 12.5 Å². The van der Waals surface area contributed by atoms with Crippen LogP contribution in [0.25, 0.3) is 11.2 Å². The Morgan fingerprint density at radius 2 is 2.07 bits per heavy atom. The monoisotopic (exact) mass is 424 g/mol. The molecule has 1 fully saturated rings. The van der Waals surface area contributed by atoms with Crippen LogP contribution < -0.4 is 4.74 Å². The van der Waals surface area contributed by atoms with Crippen LogP contribution in [0.15, 0.2) is 30.6 Å². The summed E-state index contributed by atoms with van der Waals surface area (Å²) >= 11 is 11.9. The minimum Gasteiger partial charge on any atom is -0.497 e. The van der Waals surface area contributed by atoms with Crippen molar-refractivity contribution in [3.63, 3.8) is 0 Å². The summed E-state index contributed by atoms with van der Waals surface area (Å²) in [5.41, 5.74) is 1.23. The van der Waals surface area contributed by atoms with Crippen molar-refractivity contribution in [2.24, 2.45) is 0 Å². The SMILES string of the molecule is COc1ccc(C(=O)OC[C@@H]2OC[C@H](n3cnc4c(Cl)nc(Cl)nc43)O2)cc1. The molecule has 1 aliphatic heterocycles. The van der Waals surface area contributed by atoms with Crippen molar-refractivity contribution in [1.82, 2.24) is 19.5 Å². The minimum absolute atomic E-state index is 0.00290. The quantitative estimate of drug-likeness (QED) is 0.350. The van der Waals surface area contributed by atoms with E-state index in [-0.39, 0.29) is 23.7 Å². The summed E-state index contributed by atoms with van der Waals surface area (Å²) in [6.45, 7) is 0.153. The predicted molar refractivity (Wildman–Crippen MR) is 98.5 cm³/mol. The number of hydrogen-bond acceptors (Lipinski definition) is 8. The third-order valence-corrected chi connectivity index (χ3v) is 4.50. The predicted octanol–water partition coefficient (Wildman–Crippen LogP) is 2.87. The lowest BCUT2D eigenvalue weighted by molar-refractivity contribution is -0.102. The van der Waals surface area contributed by atoms with Crippen molar-refractivity contribution in [1.29, 1.82) is 0 Å². The molecule has 1 aromatic carbocycles. The third-order valence-electron chi connectivity index (χ3n) is 4.07. The number of esters is 1. The molecule has 3 heterocycles. The standard InChI is InChI=1S/C17H14Cl2N4O5/c1-25-10-4-2-9(3-5-10)16(24)27-7-12-26-6-11(28-12)23-8-20-13-14(18)21-17(19)22-15(13)23/h2-5,8,11-12H,6-7H2,1H3/t11-,12-/m1/s1. The Balaban J connectivity index is 1.38. The Kier molecular flexibility index (Phi) is 5.31. The van der Waals surface area contributed by atoms with Gasteiger partial charge in [-0.05, 0) is 35.9 Å². The third kappa shape index (κ3) is 3.74. The molecular weight excluding hydrogens is 411 g/mol. The van der Waals surface area contributed by atoms with E-state index >= 15 is 0 Å². The molecule has 0 saturated carbocycles. The Hall–Kier alpha value is -2.46. The second kappa shape index (κ2) is 7.88. The molecule has 11 heteroatoms. The molecule has 0 N–H and O–H groups in total. The van der Waals surface area contributed by atoms with E-state index in [1.165, 1.54) is 6.33 Å². The highest BCUT2D eigenvalue weighted by atomic mass is 35.5. The molecule has 0 spiro atoms. The molecule has 0 aliphatic carbocycles. The van der Waals surface area contributed by atoms with Crippen LogP contribution in [0.5, 0.6) is 5.75 Å². The van der Waals surface area contributed by atoms with Gasteiger partial charge in [0.05, 0.1) is 25.6 Å². The molecule has 3 aromatic rings. The largest absolute Gasteiger partial charge is 0.497 e. The van der Waals surface area contributed by atoms with Gasteiger partial charge in [-0.15, -0.1) is 0 Å². The molecule has 9 nitrogen and oxygen atoms in total. The molecule has 146 valence electrons. The minimum atomic E-state index is -0.725. The summed E-state index contributed by atoms with van der Waals surface area (Å²) in [7, 11) is 1.55. The number of imidazole rings is 1. The normalized spacial score (nSPS) is 19.1. The zero-order valence-corrected chi connectivity index (χ0v) is 16.1. The maximum Gasteiger partial charge on any atom is 0.338 e. The topological polar surface area (TPSA) is 97.6 Å². The van der Waals surface area contributed by atoms with Crippen LogP contribution in [0, 0.1) is 0 Å². The zero-order chi connectivity index (χ0) is 19.7. The average Bonchev–Trinajstić information content (AvgIpc) is 3.33. The highest BCUT2D eigenvalue weighted by molar-refractivity contribution is 6.35. The van der Waals surface area contributed by atoms with Crippen LogP contribution in [0.4, 0.5) is 0 Å². The number of nitrogens with zero attached hydrogens (tertiary/aromatic N) is 4. The Labute approximate surface area is 169 Å². The lowest BCUT2D eigenvalue weighted by atomic mass is 10.2. The van der Waals surface area contributed by atoms with Crippen LogP contribution >= 0.6 is 23.2 Å². The summed E-state index contributed by atoms with van der Waals surface area (Å²) in [6, 6.07) is 6.59.